The SMILES string of the molecule is COc1ccc(-c2nn(Cc3ccccc3)cc2CN2CCN(C)CC2)cc1OC. The first kappa shape index (κ1) is 20.4. The van der Waals surface area contributed by atoms with E-state index in [2.05, 4.69) is 53.4 Å². The zero-order valence-electron chi connectivity index (χ0n) is 18.0. The van der Waals surface area contributed by atoms with Crippen molar-refractivity contribution in [2.45, 2.75) is 13.1 Å². The summed E-state index contributed by atoms with van der Waals surface area (Å²) in [6, 6.07) is 16.5. The molecular weight excluding hydrogens is 376 g/mol. The number of hydrogen-bond donors (Lipinski definition) is 0. The number of likely N-dealkylation sites (N-methyl/N-ethyl adjacent to an activating group) is 1. The van der Waals surface area contributed by atoms with E-state index in [1.54, 1.807) is 14.2 Å². The van der Waals surface area contributed by atoms with Crippen molar-refractivity contribution < 1.29 is 9.47 Å². The molecule has 0 spiro atoms. The molecule has 0 unspecified atom stereocenters. The molecule has 0 N–H and O–H groups in total. The molecule has 3 aromatic rings. The Morgan fingerprint density at radius 2 is 1.60 bits per heavy atom. The molecule has 0 radical (unpaired) electrons. The van der Waals surface area contributed by atoms with E-state index in [1.165, 1.54) is 11.1 Å². The maximum atomic E-state index is 5.53. The fourth-order valence-corrected chi connectivity index (χ4v) is 3.90. The van der Waals surface area contributed by atoms with Gasteiger partial charge in [0.25, 0.3) is 0 Å². The maximum Gasteiger partial charge on any atom is 0.161 e. The number of rotatable bonds is 7. The number of ether oxygens (including phenoxy) is 2. The van der Waals surface area contributed by atoms with Crippen molar-refractivity contribution in [3.05, 3.63) is 65.9 Å². The average molecular weight is 407 g/mol. The Hall–Kier alpha value is -2.83. The van der Waals surface area contributed by atoms with Crippen LogP contribution in [0.5, 0.6) is 11.5 Å². The third-order valence-electron chi connectivity index (χ3n) is 5.67. The summed E-state index contributed by atoms with van der Waals surface area (Å²) in [4.78, 5) is 4.89. The molecule has 2 heterocycles. The van der Waals surface area contributed by atoms with Gasteiger partial charge in [0, 0.05) is 50.0 Å². The monoisotopic (exact) mass is 406 g/mol. The molecule has 0 atom stereocenters. The van der Waals surface area contributed by atoms with Gasteiger partial charge in [0.05, 0.1) is 26.5 Å². The van der Waals surface area contributed by atoms with Gasteiger partial charge in [-0.3, -0.25) is 9.58 Å². The second-order valence-electron chi connectivity index (χ2n) is 7.84. The van der Waals surface area contributed by atoms with Gasteiger partial charge in [-0.1, -0.05) is 30.3 Å². The number of benzene rings is 2. The molecule has 1 fully saturated rings. The lowest BCUT2D eigenvalue weighted by Gasteiger charge is -2.32. The van der Waals surface area contributed by atoms with Gasteiger partial charge < -0.3 is 14.4 Å². The van der Waals surface area contributed by atoms with Crippen LogP contribution in [0.4, 0.5) is 0 Å². The highest BCUT2D eigenvalue weighted by Gasteiger charge is 2.19. The van der Waals surface area contributed by atoms with Crippen molar-refractivity contribution in [2.75, 3.05) is 47.4 Å². The molecule has 0 bridgehead atoms. The first-order valence-electron chi connectivity index (χ1n) is 10.4. The van der Waals surface area contributed by atoms with Gasteiger partial charge in [0.1, 0.15) is 0 Å². The number of aromatic nitrogens is 2. The molecule has 4 rings (SSSR count). The lowest BCUT2D eigenvalue weighted by molar-refractivity contribution is 0.148. The molecule has 0 saturated carbocycles. The summed E-state index contributed by atoms with van der Waals surface area (Å²) in [7, 11) is 5.51. The summed E-state index contributed by atoms with van der Waals surface area (Å²) in [6.07, 6.45) is 2.19. The Bertz CT molecular complexity index is 963. The van der Waals surface area contributed by atoms with Crippen LogP contribution in [0.2, 0.25) is 0 Å². The summed E-state index contributed by atoms with van der Waals surface area (Å²) in [6.45, 7) is 6.00. The minimum atomic E-state index is 0.721. The smallest absolute Gasteiger partial charge is 0.161 e. The van der Waals surface area contributed by atoms with E-state index in [9.17, 15) is 0 Å². The molecule has 2 aromatic carbocycles. The average Bonchev–Trinajstić information content (AvgIpc) is 3.17. The highest BCUT2D eigenvalue weighted by molar-refractivity contribution is 5.66. The first-order valence-corrected chi connectivity index (χ1v) is 10.4. The van der Waals surface area contributed by atoms with Crippen LogP contribution in [0.15, 0.2) is 54.7 Å². The predicted octanol–water partition coefficient (Wildman–Crippen LogP) is 3.36. The molecular formula is C24H30N4O2. The molecule has 6 nitrogen and oxygen atoms in total. The van der Waals surface area contributed by atoms with Crippen molar-refractivity contribution >= 4 is 0 Å². The Kier molecular flexibility index (Phi) is 6.35. The number of methoxy groups -OCH3 is 2. The van der Waals surface area contributed by atoms with Gasteiger partial charge in [-0.25, -0.2) is 0 Å². The minimum absolute atomic E-state index is 0.721. The van der Waals surface area contributed by atoms with E-state index in [1.807, 2.05) is 22.9 Å². The Labute approximate surface area is 178 Å². The third-order valence-corrected chi connectivity index (χ3v) is 5.67. The van der Waals surface area contributed by atoms with E-state index in [0.717, 1.165) is 62.0 Å². The molecule has 1 aliphatic rings. The Morgan fingerprint density at radius 3 is 2.30 bits per heavy atom. The molecule has 1 saturated heterocycles. The van der Waals surface area contributed by atoms with Gasteiger partial charge >= 0.3 is 0 Å². The molecule has 6 heteroatoms. The standard InChI is InChI=1S/C24H30N4O2/c1-26-11-13-27(14-12-26)17-21-18-28(16-19-7-5-4-6-8-19)25-24(21)20-9-10-22(29-2)23(15-20)30-3/h4-10,15,18H,11-14,16-17H2,1-3H3. The summed E-state index contributed by atoms with van der Waals surface area (Å²) in [5, 5.41) is 4.97. The van der Waals surface area contributed by atoms with E-state index >= 15 is 0 Å². The second-order valence-corrected chi connectivity index (χ2v) is 7.84. The van der Waals surface area contributed by atoms with Crippen LogP contribution in [0.3, 0.4) is 0 Å². The van der Waals surface area contributed by atoms with Gasteiger partial charge in [-0.15, -0.1) is 0 Å². The number of nitrogens with zero attached hydrogens (tertiary/aromatic N) is 4. The van der Waals surface area contributed by atoms with E-state index in [-0.39, 0.29) is 0 Å². The highest BCUT2D eigenvalue weighted by Crippen LogP contribution is 2.33. The van der Waals surface area contributed by atoms with Crippen LogP contribution in [0.25, 0.3) is 11.3 Å². The number of piperazine rings is 1. The minimum Gasteiger partial charge on any atom is -0.493 e. The summed E-state index contributed by atoms with van der Waals surface area (Å²) in [5.41, 5.74) is 4.53. The van der Waals surface area contributed by atoms with Crippen molar-refractivity contribution in [3.8, 4) is 22.8 Å². The van der Waals surface area contributed by atoms with Crippen LogP contribution in [0, 0.1) is 0 Å². The molecule has 1 aromatic heterocycles. The Morgan fingerprint density at radius 1 is 0.867 bits per heavy atom. The van der Waals surface area contributed by atoms with Crippen LogP contribution in [0.1, 0.15) is 11.1 Å². The summed E-state index contributed by atoms with van der Waals surface area (Å²) in [5.74, 6) is 1.45. The number of hydrogen-bond acceptors (Lipinski definition) is 5. The van der Waals surface area contributed by atoms with Crippen molar-refractivity contribution in [1.29, 1.82) is 0 Å². The van der Waals surface area contributed by atoms with Crippen LogP contribution in [-0.4, -0.2) is 67.0 Å². The maximum absolute atomic E-state index is 5.53. The first-order chi connectivity index (χ1) is 14.7. The van der Waals surface area contributed by atoms with Crippen molar-refractivity contribution in [3.63, 3.8) is 0 Å². The summed E-state index contributed by atoms with van der Waals surface area (Å²) < 4.78 is 13.0. The van der Waals surface area contributed by atoms with Crippen LogP contribution < -0.4 is 9.47 Å². The fourth-order valence-electron chi connectivity index (χ4n) is 3.90. The molecule has 158 valence electrons. The van der Waals surface area contributed by atoms with Crippen LogP contribution >= 0.6 is 0 Å². The fraction of sp³-hybridized carbons (Fsp3) is 0.375. The highest BCUT2D eigenvalue weighted by atomic mass is 16.5. The normalized spacial score (nSPS) is 15.3. The van der Waals surface area contributed by atoms with E-state index in [0.29, 0.717) is 0 Å². The van der Waals surface area contributed by atoms with Crippen LogP contribution in [-0.2, 0) is 13.1 Å². The van der Waals surface area contributed by atoms with Gasteiger partial charge in [0.15, 0.2) is 11.5 Å². The van der Waals surface area contributed by atoms with E-state index in [4.69, 9.17) is 14.6 Å². The largest absolute Gasteiger partial charge is 0.493 e. The van der Waals surface area contributed by atoms with Crippen molar-refractivity contribution in [1.82, 2.24) is 19.6 Å². The van der Waals surface area contributed by atoms with Crippen molar-refractivity contribution in [2.24, 2.45) is 0 Å². The topological polar surface area (TPSA) is 42.8 Å². The second kappa shape index (κ2) is 9.32. The molecule has 30 heavy (non-hydrogen) atoms. The summed E-state index contributed by atoms with van der Waals surface area (Å²) >= 11 is 0. The van der Waals surface area contributed by atoms with Gasteiger partial charge in [0.2, 0.25) is 0 Å². The zero-order chi connectivity index (χ0) is 20.9. The molecule has 1 aliphatic heterocycles. The van der Waals surface area contributed by atoms with E-state index < -0.39 is 0 Å². The molecule has 0 amide bonds. The predicted molar refractivity (Wildman–Crippen MR) is 119 cm³/mol. The van der Waals surface area contributed by atoms with Gasteiger partial charge in [-0.05, 0) is 30.8 Å². The third kappa shape index (κ3) is 4.66. The Balaban J connectivity index is 1.66. The molecule has 0 aliphatic carbocycles. The zero-order valence-corrected chi connectivity index (χ0v) is 18.0. The quantitative estimate of drug-likeness (QED) is 0.602. The van der Waals surface area contributed by atoms with Gasteiger partial charge in [-0.2, -0.15) is 5.10 Å². The lowest BCUT2D eigenvalue weighted by atomic mass is 10.1. The lowest BCUT2D eigenvalue weighted by Crippen LogP contribution is -2.43.